The molecule has 5 nitrogen and oxygen atoms in total. The lowest BCUT2D eigenvalue weighted by atomic mass is 9.76. The fraction of sp³-hybridized carbons (Fsp3) is 0.800. The van der Waals surface area contributed by atoms with Gasteiger partial charge in [-0.05, 0) is 33.3 Å². The molecular formula is C15H22O5. The zero-order valence-corrected chi connectivity index (χ0v) is 12.6. The average Bonchev–Trinajstić information content (AvgIpc) is 2.59. The van der Waals surface area contributed by atoms with Crippen molar-refractivity contribution in [3.8, 4) is 0 Å². The first-order valence-corrected chi connectivity index (χ1v) is 7.22. The van der Waals surface area contributed by atoms with Crippen molar-refractivity contribution in [2.75, 3.05) is 0 Å². The third-order valence-corrected chi connectivity index (χ3v) is 5.00. The number of carbonyl (C=O) groups excluding carboxylic acids is 1. The number of rotatable bonds is 0. The van der Waals surface area contributed by atoms with E-state index >= 15 is 0 Å². The summed E-state index contributed by atoms with van der Waals surface area (Å²) in [6.45, 7) is 9.41. The van der Waals surface area contributed by atoms with Gasteiger partial charge in [-0.15, -0.1) is 0 Å². The Morgan fingerprint density at radius 3 is 2.25 bits per heavy atom. The second-order valence-corrected chi connectivity index (χ2v) is 6.30. The van der Waals surface area contributed by atoms with Crippen molar-refractivity contribution < 1.29 is 24.1 Å². The molecule has 5 heteroatoms. The van der Waals surface area contributed by atoms with Crippen molar-refractivity contribution in [2.45, 2.75) is 70.9 Å². The zero-order valence-electron chi connectivity index (χ0n) is 12.6. The Bertz CT molecular complexity index is 498. The minimum Gasteiger partial charge on any atom is -0.361 e. The summed E-state index contributed by atoms with van der Waals surface area (Å²) in [7, 11) is 0. The van der Waals surface area contributed by atoms with Crippen molar-refractivity contribution in [2.24, 2.45) is 5.92 Å². The lowest BCUT2D eigenvalue weighted by Gasteiger charge is -2.53. The van der Waals surface area contributed by atoms with E-state index in [1.807, 2.05) is 27.7 Å². The van der Waals surface area contributed by atoms with E-state index in [1.54, 1.807) is 6.92 Å². The van der Waals surface area contributed by atoms with E-state index in [-0.39, 0.29) is 36.4 Å². The van der Waals surface area contributed by atoms with Gasteiger partial charge < -0.3 is 19.3 Å². The molecule has 0 radical (unpaired) electrons. The molecule has 0 aromatic rings. The largest absolute Gasteiger partial charge is 0.361 e. The van der Waals surface area contributed by atoms with Crippen LogP contribution in [0.3, 0.4) is 0 Å². The Morgan fingerprint density at radius 1 is 1.05 bits per heavy atom. The van der Waals surface area contributed by atoms with Crippen LogP contribution >= 0.6 is 0 Å². The van der Waals surface area contributed by atoms with Crippen LogP contribution in [0, 0.1) is 5.92 Å². The molecular weight excluding hydrogens is 260 g/mol. The summed E-state index contributed by atoms with van der Waals surface area (Å²) < 4.78 is 17.8. The van der Waals surface area contributed by atoms with Crippen LogP contribution in [0.4, 0.5) is 0 Å². The summed E-state index contributed by atoms with van der Waals surface area (Å²) in [4.78, 5) is 12.2. The summed E-state index contributed by atoms with van der Waals surface area (Å²) >= 11 is 0. The molecule has 2 heterocycles. The van der Waals surface area contributed by atoms with Gasteiger partial charge >= 0.3 is 0 Å². The molecule has 0 aromatic carbocycles. The minimum absolute atomic E-state index is 0.00924. The topological polar surface area (TPSA) is 65.0 Å². The van der Waals surface area contributed by atoms with E-state index in [9.17, 15) is 9.90 Å². The summed E-state index contributed by atoms with van der Waals surface area (Å²) in [6, 6.07) is 0. The number of ketones is 1. The van der Waals surface area contributed by atoms with E-state index in [0.717, 1.165) is 5.57 Å². The third kappa shape index (κ3) is 1.55. The summed E-state index contributed by atoms with van der Waals surface area (Å²) in [5.74, 6) is -3.16. The molecule has 0 aromatic heterocycles. The van der Waals surface area contributed by atoms with Crippen LogP contribution in [-0.2, 0) is 19.0 Å². The number of Topliss-reactive ketones (excluding diaryl/α,β-unsaturated/α-hetero) is 1. The number of allylic oxidation sites excluding steroid dienone is 1. The molecule has 2 fully saturated rings. The Hall–Kier alpha value is -0.750. The van der Waals surface area contributed by atoms with Gasteiger partial charge in [-0.3, -0.25) is 4.79 Å². The molecule has 112 valence electrons. The van der Waals surface area contributed by atoms with Crippen LogP contribution in [0.2, 0.25) is 0 Å². The van der Waals surface area contributed by atoms with Gasteiger partial charge in [-0.1, -0.05) is 6.92 Å². The zero-order chi connectivity index (χ0) is 14.9. The molecule has 0 saturated carbocycles. The highest BCUT2D eigenvalue weighted by atomic mass is 16.8. The van der Waals surface area contributed by atoms with Crippen LogP contribution in [0.25, 0.3) is 0 Å². The summed E-state index contributed by atoms with van der Waals surface area (Å²) in [5.41, 5.74) is 1.37. The Morgan fingerprint density at radius 2 is 1.60 bits per heavy atom. The molecule has 2 aliphatic heterocycles. The first-order valence-electron chi connectivity index (χ1n) is 7.22. The molecule has 3 rings (SSSR count). The number of ether oxygens (including phenoxy) is 3. The molecule has 0 bridgehead atoms. The first-order chi connectivity index (χ1) is 9.22. The minimum atomic E-state index is -1.73. The van der Waals surface area contributed by atoms with Gasteiger partial charge in [0.05, 0.1) is 24.7 Å². The molecule has 0 amide bonds. The summed E-state index contributed by atoms with van der Waals surface area (Å²) in [5, 5.41) is 10.9. The van der Waals surface area contributed by atoms with Gasteiger partial charge in [0.2, 0.25) is 11.6 Å². The highest BCUT2D eigenvalue weighted by Gasteiger charge is 2.69. The maximum atomic E-state index is 12.2. The van der Waals surface area contributed by atoms with Crippen LogP contribution in [0.15, 0.2) is 11.1 Å². The predicted octanol–water partition coefficient (Wildman–Crippen LogP) is 1.54. The van der Waals surface area contributed by atoms with E-state index in [1.165, 1.54) is 0 Å². The average molecular weight is 282 g/mol. The fourth-order valence-electron chi connectivity index (χ4n) is 3.53. The van der Waals surface area contributed by atoms with Gasteiger partial charge in [0, 0.05) is 11.5 Å². The molecule has 20 heavy (non-hydrogen) atoms. The monoisotopic (exact) mass is 282 g/mol. The maximum Gasteiger partial charge on any atom is 0.249 e. The van der Waals surface area contributed by atoms with E-state index in [2.05, 4.69) is 0 Å². The number of hydrogen-bond acceptors (Lipinski definition) is 5. The molecule has 6 unspecified atom stereocenters. The molecule has 1 aliphatic carbocycles. The normalized spacial score (nSPS) is 52.0. The van der Waals surface area contributed by atoms with E-state index in [4.69, 9.17) is 14.2 Å². The first kappa shape index (κ1) is 14.2. The predicted molar refractivity (Wildman–Crippen MR) is 70.8 cm³/mol. The second-order valence-electron chi connectivity index (χ2n) is 6.30. The maximum absolute atomic E-state index is 12.2. The lowest BCUT2D eigenvalue weighted by Crippen LogP contribution is -2.68. The highest BCUT2D eigenvalue weighted by Crippen LogP contribution is 2.55. The molecule has 6 atom stereocenters. The van der Waals surface area contributed by atoms with Crippen LogP contribution < -0.4 is 0 Å². The smallest absolute Gasteiger partial charge is 0.249 e. The standard InChI is InChI=1S/C15H22O5/c1-7-9(3)19-15-13(7)8(2)12(16)6-14(15,17)18-10(4)11(5)20-15/h7,9-11,17H,6H2,1-5H3. The number of aliphatic hydroxyl groups is 1. The Kier molecular flexibility index (Phi) is 2.93. The highest BCUT2D eigenvalue weighted by molar-refractivity contribution is 5.98. The van der Waals surface area contributed by atoms with Crippen LogP contribution in [-0.4, -0.2) is 40.8 Å². The number of carbonyl (C=O) groups is 1. The van der Waals surface area contributed by atoms with Crippen LogP contribution in [0.5, 0.6) is 0 Å². The van der Waals surface area contributed by atoms with E-state index in [0.29, 0.717) is 5.57 Å². The molecule has 1 N–H and O–H groups in total. The van der Waals surface area contributed by atoms with Crippen molar-refractivity contribution >= 4 is 5.78 Å². The van der Waals surface area contributed by atoms with Gasteiger partial charge in [-0.25, -0.2) is 0 Å². The fourth-order valence-corrected chi connectivity index (χ4v) is 3.53. The number of hydrogen-bond donors (Lipinski definition) is 1. The van der Waals surface area contributed by atoms with Crippen molar-refractivity contribution in [1.29, 1.82) is 0 Å². The molecule has 1 spiro atoms. The summed E-state index contributed by atoms with van der Waals surface area (Å²) in [6.07, 6.45) is -0.781. The van der Waals surface area contributed by atoms with Gasteiger partial charge in [0.25, 0.3) is 0 Å². The molecule has 2 saturated heterocycles. The SMILES string of the molecule is CC1=C2C(C)C(C)OC23OC(C)C(C)OC3(O)CC1=O. The van der Waals surface area contributed by atoms with Gasteiger partial charge in [0.1, 0.15) is 0 Å². The van der Waals surface area contributed by atoms with Crippen molar-refractivity contribution in [1.82, 2.24) is 0 Å². The van der Waals surface area contributed by atoms with Crippen molar-refractivity contribution in [3.05, 3.63) is 11.1 Å². The van der Waals surface area contributed by atoms with Crippen LogP contribution in [0.1, 0.15) is 41.0 Å². The second kappa shape index (κ2) is 4.13. The quantitative estimate of drug-likeness (QED) is 0.730. The lowest BCUT2D eigenvalue weighted by molar-refractivity contribution is -0.437. The van der Waals surface area contributed by atoms with E-state index < -0.39 is 11.6 Å². The molecule has 3 aliphatic rings. The Labute approximate surface area is 118 Å². The van der Waals surface area contributed by atoms with Gasteiger partial charge in [0.15, 0.2) is 5.78 Å². The third-order valence-electron chi connectivity index (χ3n) is 5.00. The van der Waals surface area contributed by atoms with Crippen molar-refractivity contribution in [3.63, 3.8) is 0 Å². The van der Waals surface area contributed by atoms with Gasteiger partial charge in [-0.2, -0.15) is 0 Å². The Balaban J connectivity index is 2.20.